The first-order chi connectivity index (χ1) is 18.0. The Balaban J connectivity index is 1.42. The van der Waals surface area contributed by atoms with Crippen LogP contribution in [0.5, 0.6) is 0 Å². The molecule has 1 aliphatic rings. The van der Waals surface area contributed by atoms with E-state index in [1.165, 1.54) is 5.56 Å². The SMILES string of the molecule is NC(N)=NCCC[C@@H](NC(=O)Cc1ccc(-c2ccccc2)cc1)C(=O)N1CCCc2ccccc2C1. The number of hydrogen-bond donors (Lipinski definition) is 3. The lowest BCUT2D eigenvalue weighted by Gasteiger charge is -2.27. The number of benzene rings is 3. The number of fused-ring (bicyclic) bond motifs is 1. The van der Waals surface area contributed by atoms with Crippen LogP contribution >= 0.6 is 0 Å². The van der Waals surface area contributed by atoms with Gasteiger partial charge < -0.3 is 21.7 Å². The molecule has 1 heterocycles. The third-order valence-corrected chi connectivity index (χ3v) is 6.67. The summed E-state index contributed by atoms with van der Waals surface area (Å²) in [6, 6.07) is 25.7. The maximum atomic E-state index is 13.6. The number of hydrogen-bond acceptors (Lipinski definition) is 3. The summed E-state index contributed by atoms with van der Waals surface area (Å²) >= 11 is 0. The Labute approximate surface area is 218 Å². The van der Waals surface area contributed by atoms with E-state index >= 15 is 0 Å². The number of nitrogens with two attached hydrogens (primary N) is 2. The topological polar surface area (TPSA) is 114 Å². The van der Waals surface area contributed by atoms with Gasteiger partial charge in [0, 0.05) is 19.6 Å². The fraction of sp³-hybridized carbons (Fsp3) is 0.300. The van der Waals surface area contributed by atoms with Crippen LogP contribution in [0, 0.1) is 0 Å². The lowest BCUT2D eigenvalue weighted by atomic mass is 10.0. The van der Waals surface area contributed by atoms with E-state index in [2.05, 4.69) is 34.6 Å². The first-order valence-electron chi connectivity index (χ1n) is 12.8. The van der Waals surface area contributed by atoms with Crippen molar-refractivity contribution < 1.29 is 9.59 Å². The van der Waals surface area contributed by atoms with E-state index in [9.17, 15) is 9.59 Å². The van der Waals surface area contributed by atoms with Crippen LogP contribution in [-0.2, 0) is 29.0 Å². The highest BCUT2D eigenvalue weighted by atomic mass is 16.2. The monoisotopic (exact) mass is 497 g/mol. The molecule has 7 heteroatoms. The molecule has 0 aliphatic carbocycles. The maximum Gasteiger partial charge on any atom is 0.245 e. The number of rotatable bonds is 9. The fourth-order valence-electron chi connectivity index (χ4n) is 4.75. The lowest BCUT2D eigenvalue weighted by Crippen LogP contribution is -2.49. The molecule has 1 aliphatic heterocycles. The number of aryl methyl sites for hydroxylation is 1. The predicted molar refractivity (Wildman–Crippen MR) is 148 cm³/mol. The van der Waals surface area contributed by atoms with Gasteiger partial charge in [-0.15, -0.1) is 0 Å². The van der Waals surface area contributed by atoms with Crippen LogP contribution in [0.1, 0.15) is 36.0 Å². The molecule has 0 unspecified atom stereocenters. The van der Waals surface area contributed by atoms with Crippen LogP contribution in [0.4, 0.5) is 0 Å². The van der Waals surface area contributed by atoms with Gasteiger partial charge in [-0.05, 0) is 53.5 Å². The third-order valence-electron chi connectivity index (χ3n) is 6.67. The van der Waals surface area contributed by atoms with Crippen molar-refractivity contribution in [3.63, 3.8) is 0 Å². The molecule has 4 rings (SSSR count). The van der Waals surface area contributed by atoms with Crippen LogP contribution in [0.3, 0.4) is 0 Å². The molecule has 0 spiro atoms. The molecule has 0 bridgehead atoms. The van der Waals surface area contributed by atoms with Gasteiger partial charge in [0.05, 0.1) is 6.42 Å². The molecule has 192 valence electrons. The van der Waals surface area contributed by atoms with Crippen molar-refractivity contribution in [3.05, 3.63) is 95.6 Å². The van der Waals surface area contributed by atoms with Crippen molar-refractivity contribution in [1.82, 2.24) is 10.2 Å². The van der Waals surface area contributed by atoms with E-state index in [1.807, 2.05) is 59.5 Å². The molecule has 3 aromatic carbocycles. The van der Waals surface area contributed by atoms with E-state index in [-0.39, 0.29) is 24.2 Å². The van der Waals surface area contributed by atoms with Crippen molar-refractivity contribution >= 4 is 17.8 Å². The number of carbonyl (C=O) groups excluding carboxylic acids is 2. The molecule has 37 heavy (non-hydrogen) atoms. The van der Waals surface area contributed by atoms with Crippen LogP contribution in [-0.4, -0.2) is 41.8 Å². The summed E-state index contributed by atoms with van der Waals surface area (Å²) in [6.07, 6.45) is 3.10. The van der Waals surface area contributed by atoms with E-state index in [0.717, 1.165) is 35.1 Å². The van der Waals surface area contributed by atoms with E-state index in [4.69, 9.17) is 11.5 Å². The second kappa shape index (κ2) is 12.7. The Bertz CT molecular complexity index is 1220. The van der Waals surface area contributed by atoms with Gasteiger partial charge in [0.1, 0.15) is 6.04 Å². The lowest BCUT2D eigenvalue weighted by molar-refractivity contribution is -0.137. The highest BCUT2D eigenvalue weighted by Gasteiger charge is 2.27. The molecule has 0 fully saturated rings. The van der Waals surface area contributed by atoms with Crippen LogP contribution < -0.4 is 16.8 Å². The Kier molecular flexibility index (Phi) is 8.92. The molecular formula is C30H35N5O2. The standard InChI is InChI=1S/C30H35N5O2/c31-30(32)33-18-6-13-27(29(37)35-19-7-12-24-10-4-5-11-26(24)21-35)34-28(36)20-22-14-16-25(17-15-22)23-8-2-1-3-9-23/h1-5,8-11,14-17,27H,6-7,12-13,18-21H2,(H,34,36)(H4,31,32,33)/t27-/m1/s1. The summed E-state index contributed by atoms with van der Waals surface area (Å²) in [5.74, 6) is -0.216. The quantitative estimate of drug-likeness (QED) is 0.239. The first kappa shape index (κ1) is 25.9. The van der Waals surface area contributed by atoms with Crippen molar-refractivity contribution in [2.75, 3.05) is 13.1 Å². The summed E-state index contributed by atoms with van der Waals surface area (Å²) in [4.78, 5) is 32.5. The van der Waals surface area contributed by atoms with Crippen molar-refractivity contribution in [1.29, 1.82) is 0 Å². The normalized spacial score (nSPS) is 13.7. The summed E-state index contributed by atoms with van der Waals surface area (Å²) in [7, 11) is 0. The van der Waals surface area contributed by atoms with Gasteiger partial charge >= 0.3 is 0 Å². The minimum atomic E-state index is -0.629. The molecule has 1 atom stereocenters. The molecule has 5 N–H and O–H groups in total. The third kappa shape index (κ3) is 7.43. The largest absolute Gasteiger partial charge is 0.370 e. The number of nitrogens with one attached hydrogen (secondary N) is 1. The van der Waals surface area contributed by atoms with Gasteiger partial charge in [0.15, 0.2) is 5.96 Å². The molecule has 7 nitrogen and oxygen atoms in total. The van der Waals surface area contributed by atoms with Crippen molar-refractivity contribution in [3.8, 4) is 11.1 Å². The minimum Gasteiger partial charge on any atom is -0.370 e. The smallest absolute Gasteiger partial charge is 0.245 e. The summed E-state index contributed by atoms with van der Waals surface area (Å²) in [5.41, 5.74) is 16.5. The second-order valence-corrected chi connectivity index (χ2v) is 9.44. The Hall–Kier alpha value is -4.13. The Morgan fingerprint density at radius 3 is 2.30 bits per heavy atom. The van der Waals surface area contributed by atoms with Crippen LogP contribution in [0.2, 0.25) is 0 Å². The molecule has 2 amide bonds. The first-order valence-corrected chi connectivity index (χ1v) is 12.8. The van der Waals surface area contributed by atoms with Gasteiger partial charge in [0.25, 0.3) is 0 Å². The maximum absolute atomic E-state index is 13.6. The second-order valence-electron chi connectivity index (χ2n) is 9.44. The van der Waals surface area contributed by atoms with Crippen LogP contribution in [0.25, 0.3) is 11.1 Å². The number of carbonyl (C=O) groups is 2. The van der Waals surface area contributed by atoms with E-state index in [1.54, 1.807) is 0 Å². The molecule has 0 saturated carbocycles. The van der Waals surface area contributed by atoms with Gasteiger partial charge in [-0.25, -0.2) is 0 Å². The summed E-state index contributed by atoms with van der Waals surface area (Å²) < 4.78 is 0. The highest BCUT2D eigenvalue weighted by Crippen LogP contribution is 2.21. The van der Waals surface area contributed by atoms with Crippen molar-refractivity contribution in [2.24, 2.45) is 16.5 Å². The zero-order valence-electron chi connectivity index (χ0n) is 21.1. The van der Waals surface area contributed by atoms with Crippen molar-refractivity contribution in [2.45, 2.75) is 44.7 Å². The van der Waals surface area contributed by atoms with Gasteiger partial charge in [-0.1, -0.05) is 78.9 Å². The van der Waals surface area contributed by atoms with Gasteiger partial charge in [0.2, 0.25) is 11.8 Å². The number of amides is 2. The average Bonchev–Trinajstić information content (AvgIpc) is 3.13. The van der Waals surface area contributed by atoms with Gasteiger partial charge in [-0.3, -0.25) is 14.6 Å². The molecule has 0 aromatic heterocycles. The molecule has 0 saturated heterocycles. The number of guanidine groups is 1. The van der Waals surface area contributed by atoms with Gasteiger partial charge in [-0.2, -0.15) is 0 Å². The zero-order valence-corrected chi connectivity index (χ0v) is 21.1. The highest BCUT2D eigenvalue weighted by molar-refractivity contribution is 5.88. The minimum absolute atomic E-state index is 0.0231. The summed E-state index contributed by atoms with van der Waals surface area (Å²) in [5, 5.41) is 3.00. The van der Waals surface area contributed by atoms with E-state index in [0.29, 0.717) is 32.5 Å². The Morgan fingerprint density at radius 1 is 0.892 bits per heavy atom. The average molecular weight is 498 g/mol. The van der Waals surface area contributed by atoms with E-state index < -0.39 is 6.04 Å². The Morgan fingerprint density at radius 2 is 1.57 bits per heavy atom. The molecular weight excluding hydrogens is 462 g/mol. The van der Waals surface area contributed by atoms with Crippen LogP contribution in [0.15, 0.2) is 83.9 Å². The zero-order chi connectivity index (χ0) is 26.0. The number of aliphatic imine (C=N–C) groups is 1. The summed E-state index contributed by atoms with van der Waals surface area (Å²) in [6.45, 7) is 1.62. The molecule has 0 radical (unpaired) electrons. The fourth-order valence-corrected chi connectivity index (χ4v) is 4.75. The molecule has 3 aromatic rings. The predicted octanol–water partition coefficient (Wildman–Crippen LogP) is 3.41. The number of nitrogens with zero attached hydrogens (tertiary/aromatic N) is 2.